The Balaban J connectivity index is -0.0000000592. The maximum absolute atomic E-state index is 10.2. The van der Waals surface area contributed by atoms with Crippen LogP contribution in [0.25, 0.3) is 0 Å². The molecule has 0 spiro atoms. The molecule has 0 saturated carbocycles. The molecule has 0 aliphatic carbocycles. The molecule has 0 radical (unpaired) electrons. The summed E-state index contributed by atoms with van der Waals surface area (Å²) in [5.41, 5.74) is 0. The quantitative estimate of drug-likeness (QED) is 0.0310. The average Bonchev–Trinajstić information content (AvgIpc) is 2.06. The molecule has 594 valence electrons. The summed E-state index contributed by atoms with van der Waals surface area (Å²) in [6, 6.07) is 0. The van der Waals surface area contributed by atoms with Crippen LogP contribution in [0.3, 0.4) is 0 Å². The predicted octanol–water partition coefficient (Wildman–Crippen LogP) is 34.5. The van der Waals surface area contributed by atoms with Gasteiger partial charge in [-0.2, -0.15) is 0 Å². The van der Waals surface area contributed by atoms with Crippen LogP contribution in [0.4, 0.5) is 0 Å². The Hall–Kier alpha value is 2.47. The van der Waals surface area contributed by atoms with Crippen LogP contribution < -0.4 is 0 Å². The molecule has 0 aromatic rings. The number of unbranched alkanes of at least 4 members (excludes halogenated alkanes) is 22. The second kappa shape index (κ2) is 175. The predicted molar refractivity (Wildman–Crippen MR) is 433 cm³/mol. The molecule has 0 N–H and O–H groups in total. The molecule has 4 atom stereocenters. The van der Waals surface area contributed by atoms with Crippen molar-refractivity contribution in [3.8, 4) is 0 Å². The maximum atomic E-state index is 10.2. The van der Waals surface area contributed by atoms with E-state index in [1.165, 1.54) is 188 Å². The van der Waals surface area contributed by atoms with Gasteiger partial charge in [-0.15, -0.1) is 0 Å². The molecule has 1 saturated heterocycles. The second-order valence-corrected chi connectivity index (χ2v) is 34.7. The SMILES string of the molecule is CCCCCC.CCCCCC.CCCCCC.CCCCCC.CCCCCC.CCCCCC.CCCCOCC1CO1.CCCCOP(OC)P=O.CCCCOP(OC)P=O.CCCCOP(OC)P=O.O=PP=O.O=PP=O.O=PP=O.O=PP=O.O=PP=O.O=PP=O. The maximum Gasteiger partial charge on any atom is 0.272 e. The van der Waals surface area contributed by atoms with Crippen molar-refractivity contribution in [1.82, 2.24) is 0 Å². The Morgan fingerprint density at radius 2 is 0.394 bits per heavy atom. The number of rotatable bonds is 47. The van der Waals surface area contributed by atoms with Gasteiger partial charge in [-0.05, 0) is 25.7 Å². The minimum absolute atomic E-state index is 0.0394. The zero-order valence-electron chi connectivity index (χ0n) is 63.9. The van der Waals surface area contributed by atoms with Crippen molar-refractivity contribution >= 4 is 146 Å². The van der Waals surface area contributed by atoms with Crippen LogP contribution in [0, 0.1) is 0 Å². The van der Waals surface area contributed by atoms with Crippen LogP contribution in [-0.2, 0) is 105 Å². The van der Waals surface area contributed by atoms with Gasteiger partial charge in [0.15, 0.2) is 0 Å². The van der Waals surface area contributed by atoms with Gasteiger partial charge in [0.25, 0.3) is 122 Å². The molecule has 0 bridgehead atoms. The molecule has 1 aliphatic rings. The fourth-order valence-corrected chi connectivity index (χ4v) is 8.09. The van der Waals surface area contributed by atoms with Crippen LogP contribution in [0.5, 0.6) is 0 Å². The summed E-state index contributed by atoms with van der Waals surface area (Å²) in [5.74, 6) is 0. The fourth-order valence-electron chi connectivity index (χ4n) is 4.82. The first-order valence-electron chi connectivity index (χ1n) is 34.0. The number of epoxide rings is 1. The summed E-state index contributed by atoms with van der Waals surface area (Å²) in [6.45, 7) is 39.7. The third-order valence-corrected chi connectivity index (χ3v) is 17.9. The Labute approximate surface area is 630 Å². The molecular weight excluding hydrogens is 1620 g/mol. The first kappa shape index (κ1) is 137. The largest absolute Gasteiger partial charge is 0.379 e. The van der Waals surface area contributed by atoms with Crippen molar-refractivity contribution in [2.24, 2.45) is 0 Å². The number of hydrogen-bond acceptors (Lipinski definition) is 23. The van der Waals surface area contributed by atoms with Crippen molar-refractivity contribution in [2.45, 2.75) is 322 Å². The molecule has 1 heterocycles. The van der Waals surface area contributed by atoms with E-state index >= 15 is 0 Å². The first-order chi connectivity index (χ1) is 47.9. The first-order valence-corrected chi connectivity index (χ1v) is 56.0. The van der Waals surface area contributed by atoms with Crippen LogP contribution in [-0.4, -0.2) is 67.1 Å². The molecule has 99 heavy (non-hydrogen) atoms. The van der Waals surface area contributed by atoms with Crippen LogP contribution in [0.1, 0.15) is 316 Å². The third kappa shape index (κ3) is 250. The van der Waals surface area contributed by atoms with E-state index in [-0.39, 0.29) is 122 Å². The zero-order valence-corrected chi connectivity index (χ0v) is 80.0. The number of ether oxygens (including phenoxy) is 2. The van der Waals surface area contributed by atoms with Gasteiger partial charge in [-0.1, -0.05) is 291 Å². The summed E-state index contributed by atoms with van der Waals surface area (Å²) >= 11 is 0. The summed E-state index contributed by atoms with van der Waals surface area (Å²) in [7, 11) is -3.08. The van der Waals surface area contributed by atoms with E-state index in [0.29, 0.717) is 25.9 Å². The van der Waals surface area contributed by atoms with Crippen LogP contribution in [0.2, 0.25) is 0 Å². The lowest BCUT2D eigenvalue weighted by atomic mass is 10.2. The molecule has 23 nitrogen and oxygen atoms in total. The van der Waals surface area contributed by atoms with Gasteiger partial charge in [0, 0.05) is 27.9 Å². The van der Waals surface area contributed by atoms with Gasteiger partial charge in [-0.25, -0.2) is 0 Å². The highest BCUT2D eigenvalue weighted by molar-refractivity contribution is 8.11. The minimum Gasteiger partial charge on any atom is -0.379 e. The molecule has 4 unspecified atom stereocenters. The van der Waals surface area contributed by atoms with Gasteiger partial charge in [0.05, 0.1) is 33.0 Å². The van der Waals surface area contributed by atoms with E-state index in [0.717, 1.165) is 58.3 Å². The lowest BCUT2D eigenvalue weighted by Crippen LogP contribution is -2.01. The summed E-state index contributed by atoms with van der Waals surface area (Å²) in [5, 5.41) is 0. The Kier molecular flexibility index (Phi) is 241. The second-order valence-electron chi connectivity index (χ2n) is 18.7. The average molecular weight is 1760 g/mol. The van der Waals surface area contributed by atoms with E-state index in [1.54, 1.807) is 0 Å². The van der Waals surface area contributed by atoms with Crippen molar-refractivity contribution in [3.05, 3.63) is 0 Å². The van der Waals surface area contributed by atoms with Crippen molar-refractivity contribution < 1.29 is 105 Å². The lowest BCUT2D eigenvalue weighted by molar-refractivity contribution is 0.114. The Bertz CT molecular complexity index is 1210. The Morgan fingerprint density at radius 1 is 0.253 bits per heavy atom. The monoisotopic (exact) mass is 1760 g/mol. The molecule has 1 fully saturated rings. The van der Waals surface area contributed by atoms with Crippen LogP contribution in [0.15, 0.2) is 0 Å². The number of hydrogen-bond donors (Lipinski definition) is 0. The minimum atomic E-state index is -1.15. The van der Waals surface area contributed by atoms with E-state index in [1.807, 2.05) is 0 Å². The Morgan fingerprint density at radius 3 is 0.495 bits per heavy atom. The van der Waals surface area contributed by atoms with Crippen molar-refractivity contribution in [1.29, 1.82) is 0 Å². The van der Waals surface area contributed by atoms with E-state index in [2.05, 4.69) is 111 Å². The summed E-state index contributed by atoms with van der Waals surface area (Å²) < 4.78 is 178. The van der Waals surface area contributed by atoms with Crippen molar-refractivity contribution in [3.63, 3.8) is 0 Å². The molecule has 0 amide bonds. The highest BCUT2D eigenvalue weighted by atomic mass is 32.1. The van der Waals surface area contributed by atoms with Crippen molar-refractivity contribution in [2.75, 3.05) is 61.0 Å². The van der Waals surface area contributed by atoms with Gasteiger partial charge in [0.1, 0.15) is 6.10 Å². The van der Waals surface area contributed by atoms with Gasteiger partial charge in [-0.3, -0.25) is 68.5 Å². The topological polar surface area (TPSA) is 333 Å². The summed E-state index contributed by atoms with van der Waals surface area (Å²) in [6.07, 6.45) is 42.3. The lowest BCUT2D eigenvalue weighted by Gasteiger charge is -2.05. The molecule has 1 rings (SSSR count). The van der Waals surface area contributed by atoms with E-state index in [9.17, 15) is 13.7 Å². The van der Waals surface area contributed by atoms with E-state index in [4.69, 9.17) is 91.4 Å². The highest BCUT2D eigenvalue weighted by Gasteiger charge is 2.21. The van der Waals surface area contributed by atoms with Gasteiger partial charge < -0.3 is 36.6 Å². The molecule has 0 aromatic heterocycles. The third-order valence-electron chi connectivity index (χ3n) is 10.1. The van der Waals surface area contributed by atoms with Gasteiger partial charge >= 0.3 is 0 Å². The molecular formula is C58H134O23P18. The standard InChI is InChI=1S/C7H14O2.6C6H14.3C5H12O3P2.6O2P2/c1-2-3-4-8-5-7-6-9-7;6*1-3-5-6-4-2;3*1-3-4-5-8-10(7-2)9-6;6*1-3-4-2/h7H,2-6H2,1H3;6*3-6H2,1-2H3;3*3-5H2,1-2H3;;;;;;. The normalized spacial score (nSPS) is 11.8. The molecule has 0 aromatic carbocycles. The fraction of sp³-hybridized carbons (Fsp3) is 1.00. The highest BCUT2D eigenvalue weighted by Crippen LogP contribution is 2.51. The summed E-state index contributed by atoms with van der Waals surface area (Å²) in [4.78, 5) is 0. The van der Waals surface area contributed by atoms with Crippen LogP contribution >= 0.6 is 146 Å². The van der Waals surface area contributed by atoms with E-state index < -0.39 is 24.2 Å². The van der Waals surface area contributed by atoms with Gasteiger partial charge in [0.2, 0.25) is 24.4 Å². The molecule has 41 heteroatoms. The molecule has 1 aliphatic heterocycles. The zero-order chi connectivity index (χ0) is 79.4. The smallest absolute Gasteiger partial charge is 0.272 e.